The Morgan fingerprint density at radius 1 is 1.30 bits per heavy atom. The van der Waals surface area contributed by atoms with Gasteiger partial charge in [-0.2, -0.15) is 0 Å². The highest BCUT2D eigenvalue weighted by atomic mass is 32.1. The number of fused-ring (bicyclic) bond motifs is 1. The predicted molar refractivity (Wildman–Crippen MR) is 84.1 cm³/mol. The molecule has 1 aromatic carbocycles. The molecule has 1 fully saturated rings. The molecule has 0 bridgehead atoms. The van der Waals surface area contributed by atoms with Gasteiger partial charge in [0.1, 0.15) is 0 Å². The van der Waals surface area contributed by atoms with Crippen LogP contribution in [0, 0.1) is 5.92 Å². The van der Waals surface area contributed by atoms with Crippen LogP contribution < -0.4 is 10.6 Å². The van der Waals surface area contributed by atoms with E-state index in [0.29, 0.717) is 0 Å². The third-order valence-corrected chi connectivity index (χ3v) is 4.98. The second-order valence-electron chi connectivity index (χ2n) is 5.32. The quantitative estimate of drug-likeness (QED) is 0.908. The van der Waals surface area contributed by atoms with Gasteiger partial charge in [0.05, 0.1) is 0 Å². The number of nitrogens with one attached hydrogen (secondary N) is 2. The molecule has 2 N–H and O–H groups in total. The molecule has 0 atom stereocenters. The minimum absolute atomic E-state index is 0.204. The Bertz CT molecular complexity index is 587. The van der Waals surface area contributed by atoms with Crippen LogP contribution in [0.5, 0.6) is 0 Å². The van der Waals surface area contributed by atoms with E-state index in [1.807, 2.05) is 0 Å². The van der Waals surface area contributed by atoms with Crippen molar-refractivity contribution >= 4 is 27.3 Å². The predicted octanol–water partition coefficient (Wildman–Crippen LogP) is 2.56. The van der Waals surface area contributed by atoms with Gasteiger partial charge in [0, 0.05) is 17.2 Å². The Labute approximate surface area is 123 Å². The van der Waals surface area contributed by atoms with Crippen LogP contribution in [0.15, 0.2) is 29.6 Å². The van der Waals surface area contributed by atoms with Crippen molar-refractivity contribution in [1.29, 1.82) is 0 Å². The van der Waals surface area contributed by atoms with Crippen molar-refractivity contribution in [1.82, 2.24) is 10.6 Å². The molecule has 0 aliphatic carbocycles. The molecule has 1 aliphatic heterocycles. The number of hydrogen-bond donors (Lipinski definition) is 2. The topological polar surface area (TPSA) is 41.1 Å². The lowest BCUT2D eigenvalue weighted by Gasteiger charge is -2.21. The van der Waals surface area contributed by atoms with Gasteiger partial charge in [-0.1, -0.05) is 18.2 Å². The molecule has 1 aliphatic rings. The SMILES string of the molecule is O=C(NCCc1csc2ccccc12)C1CCNCC1. The molecule has 1 aromatic heterocycles. The molecule has 3 rings (SSSR count). The van der Waals surface area contributed by atoms with Crippen molar-refractivity contribution in [2.45, 2.75) is 19.3 Å². The summed E-state index contributed by atoms with van der Waals surface area (Å²) >= 11 is 1.78. The molecule has 0 spiro atoms. The highest BCUT2D eigenvalue weighted by Crippen LogP contribution is 2.25. The fourth-order valence-corrected chi connectivity index (χ4v) is 3.77. The summed E-state index contributed by atoms with van der Waals surface area (Å²) in [4.78, 5) is 12.1. The highest BCUT2D eigenvalue weighted by Gasteiger charge is 2.20. The molecule has 1 saturated heterocycles. The normalized spacial score (nSPS) is 16.4. The van der Waals surface area contributed by atoms with E-state index in [2.05, 4.69) is 40.3 Å². The van der Waals surface area contributed by atoms with Crippen molar-refractivity contribution in [3.63, 3.8) is 0 Å². The first-order chi connectivity index (χ1) is 9.84. The fraction of sp³-hybridized carbons (Fsp3) is 0.438. The summed E-state index contributed by atoms with van der Waals surface area (Å²) in [5.41, 5.74) is 1.34. The van der Waals surface area contributed by atoms with Gasteiger partial charge in [-0.05, 0) is 54.7 Å². The van der Waals surface area contributed by atoms with Crippen LogP contribution in [0.4, 0.5) is 0 Å². The van der Waals surface area contributed by atoms with Crippen molar-refractivity contribution in [3.05, 3.63) is 35.2 Å². The zero-order chi connectivity index (χ0) is 13.8. The molecule has 4 heteroatoms. The summed E-state index contributed by atoms with van der Waals surface area (Å²) in [6, 6.07) is 8.46. The van der Waals surface area contributed by atoms with E-state index in [1.54, 1.807) is 11.3 Å². The van der Waals surface area contributed by atoms with E-state index in [9.17, 15) is 4.79 Å². The molecule has 0 unspecified atom stereocenters. The van der Waals surface area contributed by atoms with Crippen molar-refractivity contribution < 1.29 is 4.79 Å². The van der Waals surface area contributed by atoms with Crippen molar-refractivity contribution in [2.24, 2.45) is 5.92 Å². The minimum Gasteiger partial charge on any atom is -0.356 e. The van der Waals surface area contributed by atoms with Gasteiger partial charge in [-0.25, -0.2) is 0 Å². The lowest BCUT2D eigenvalue weighted by Crippen LogP contribution is -2.38. The van der Waals surface area contributed by atoms with Gasteiger partial charge in [0.2, 0.25) is 5.91 Å². The molecule has 3 nitrogen and oxygen atoms in total. The number of hydrogen-bond acceptors (Lipinski definition) is 3. The van der Waals surface area contributed by atoms with E-state index >= 15 is 0 Å². The van der Waals surface area contributed by atoms with Gasteiger partial charge in [0.15, 0.2) is 0 Å². The zero-order valence-electron chi connectivity index (χ0n) is 11.5. The third-order valence-electron chi connectivity index (χ3n) is 3.96. The molecule has 0 saturated carbocycles. The van der Waals surface area contributed by atoms with Crippen LogP contribution in [0.2, 0.25) is 0 Å². The summed E-state index contributed by atoms with van der Waals surface area (Å²) in [6.45, 7) is 2.67. The van der Waals surface area contributed by atoms with Gasteiger partial charge in [-0.3, -0.25) is 4.79 Å². The van der Waals surface area contributed by atoms with Crippen LogP contribution in [0.3, 0.4) is 0 Å². The lowest BCUT2D eigenvalue weighted by atomic mass is 9.97. The van der Waals surface area contributed by atoms with Gasteiger partial charge >= 0.3 is 0 Å². The van der Waals surface area contributed by atoms with E-state index in [-0.39, 0.29) is 11.8 Å². The summed E-state index contributed by atoms with van der Waals surface area (Å²) < 4.78 is 1.33. The first kappa shape index (κ1) is 13.6. The number of amides is 1. The molecule has 20 heavy (non-hydrogen) atoms. The third kappa shape index (κ3) is 3.02. The Kier molecular flexibility index (Phi) is 4.33. The van der Waals surface area contributed by atoms with Crippen LogP contribution in [-0.4, -0.2) is 25.5 Å². The number of carbonyl (C=O) groups excluding carboxylic acids is 1. The lowest BCUT2D eigenvalue weighted by molar-refractivity contribution is -0.125. The molecule has 106 valence electrons. The van der Waals surface area contributed by atoms with Crippen LogP contribution in [-0.2, 0) is 11.2 Å². The van der Waals surface area contributed by atoms with Gasteiger partial charge in [-0.15, -0.1) is 11.3 Å². The summed E-state index contributed by atoms with van der Waals surface area (Å²) in [5.74, 6) is 0.432. The summed E-state index contributed by atoms with van der Waals surface area (Å²) in [7, 11) is 0. The van der Waals surface area contributed by atoms with E-state index in [1.165, 1.54) is 15.6 Å². The zero-order valence-corrected chi connectivity index (χ0v) is 12.3. The highest BCUT2D eigenvalue weighted by molar-refractivity contribution is 7.17. The Hall–Kier alpha value is -1.39. The molecular formula is C16H20N2OS. The van der Waals surface area contributed by atoms with Gasteiger partial charge in [0.25, 0.3) is 0 Å². The van der Waals surface area contributed by atoms with E-state index < -0.39 is 0 Å². The number of rotatable bonds is 4. The monoisotopic (exact) mass is 288 g/mol. The van der Waals surface area contributed by atoms with Crippen molar-refractivity contribution in [3.8, 4) is 0 Å². The average Bonchev–Trinajstić information content (AvgIpc) is 2.92. The Balaban J connectivity index is 1.53. The molecule has 0 radical (unpaired) electrons. The van der Waals surface area contributed by atoms with Crippen LogP contribution in [0.1, 0.15) is 18.4 Å². The van der Waals surface area contributed by atoms with Crippen molar-refractivity contribution in [2.75, 3.05) is 19.6 Å². The maximum atomic E-state index is 12.1. The summed E-state index contributed by atoms with van der Waals surface area (Å²) in [6.07, 6.45) is 2.85. The largest absolute Gasteiger partial charge is 0.356 e. The first-order valence-corrected chi connectivity index (χ1v) is 8.16. The molecular weight excluding hydrogens is 268 g/mol. The number of piperidine rings is 1. The van der Waals surface area contributed by atoms with Gasteiger partial charge < -0.3 is 10.6 Å². The van der Waals surface area contributed by atoms with Crippen LogP contribution >= 0.6 is 11.3 Å². The smallest absolute Gasteiger partial charge is 0.223 e. The van der Waals surface area contributed by atoms with Crippen LogP contribution in [0.25, 0.3) is 10.1 Å². The summed E-state index contributed by atoms with van der Waals surface area (Å²) in [5, 5.41) is 9.92. The number of benzene rings is 1. The molecule has 2 aromatic rings. The standard InChI is InChI=1S/C16H20N2OS/c19-16(12-5-8-17-9-6-12)18-10-7-13-11-20-15-4-2-1-3-14(13)15/h1-4,11-12,17H,5-10H2,(H,18,19). The molecule has 1 amide bonds. The van der Waals surface area contributed by atoms with E-state index in [0.717, 1.165) is 38.9 Å². The maximum Gasteiger partial charge on any atom is 0.223 e. The molecule has 2 heterocycles. The Morgan fingerprint density at radius 3 is 2.95 bits per heavy atom. The second-order valence-corrected chi connectivity index (χ2v) is 6.23. The first-order valence-electron chi connectivity index (χ1n) is 7.28. The number of thiophene rings is 1. The fourth-order valence-electron chi connectivity index (χ4n) is 2.78. The van der Waals surface area contributed by atoms with E-state index in [4.69, 9.17) is 0 Å². The minimum atomic E-state index is 0.204. The maximum absolute atomic E-state index is 12.1. The Morgan fingerprint density at radius 2 is 2.10 bits per heavy atom. The average molecular weight is 288 g/mol. The second kappa shape index (κ2) is 6.37. The number of carbonyl (C=O) groups is 1.